The summed E-state index contributed by atoms with van der Waals surface area (Å²) in [5.41, 5.74) is 0.567. The first kappa shape index (κ1) is 18.7. The van der Waals surface area contributed by atoms with E-state index < -0.39 is 23.8 Å². The van der Waals surface area contributed by atoms with Gasteiger partial charge in [0.1, 0.15) is 0 Å². The van der Waals surface area contributed by atoms with Crippen molar-refractivity contribution in [2.45, 2.75) is 19.8 Å². The summed E-state index contributed by atoms with van der Waals surface area (Å²) in [5.74, 6) is -4.18. The zero-order chi connectivity index (χ0) is 17.4. The number of hydrogen-bond donors (Lipinski definition) is 0. The predicted octanol–water partition coefficient (Wildman–Crippen LogP) is 1.60. The van der Waals surface area contributed by atoms with E-state index in [1.807, 2.05) is 0 Å². The monoisotopic (exact) mass is 321 g/mol. The second-order valence-corrected chi connectivity index (χ2v) is 5.10. The molecule has 1 atom stereocenters. The van der Waals surface area contributed by atoms with Crippen molar-refractivity contribution in [1.29, 1.82) is 0 Å². The van der Waals surface area contributed by atoms with Crippen LogP contribution >= 0.6 is 0 Å². The fourth-order valence-electron chi connectivity index (χ4n) is 2.25. The third kappa shape index (κ3) is 4.81. The Morgan fingerprint density at radius 1 is 0.957 bits per heavy atom. The lowest BCUT2D eigenvalue weighted by Gasteiger charge is -2.26. The second-order valence-electron chi connectivity index (χ2n) is 5.10. The number of carbonyl (C=O) groups excluding carboxylic acids is 3. The number of hydrogen-bond acceptors (Lipinski definition) is 5. The molecular formula is C17H23NO5. The third-order valence-corrected chi connectivity index (χ3v) is 3.28. The van der Waals surface area contributed by atoms with E-state index in [9.17, 15) is 14.4 Å². The number of esters is 2. The summed E-state index contributed by atoms with van der Waals surface area (Å²) < 4.78 is 9.99. The normalized spacial score (nSPS) is 11.7. The minimum atomic E-state index is -1.33. The minimum absolute atomic E-state index is 0.117. The summed E-state index contributed by atoms with van der Waals surface area (Å²) in [4.78, 5) is 38.6. The molecule has 1 aromatic rings. The van der Waals surface area contributed by atoms with Crippen LogP contribution in [0.25, 0.3) is 0 Å². The molecule has 1 unspecified atom stereocenters. The Balaban J connectivity index is 3.34. The first-order valence-corrected chi connectivity index (χ1v) is 7.53. The number of benzene rings is 1. The fraction of sp³-hybridized carbons (Fsp3) is 0.471. The SMILES string of the molecule is CCOC(=O)C(C(=O)OCC)C(C(=O)N(C)C)c1ccccc1. The molecule has 0 aromatic heterocycles. The highest BCUT2D eigenvalue weighted by Crippen LogP contribution is 2.29. The van der Waals surface area contributed by atoms with Gasteiger partial charge >= 0.3 is 11.9 Å². The maximum absolute atomic E-state index is 12.6. The average molecular weight is 321 g/mol. The zero-order valence-corrected chi connectivity index (χ0v) is 13.9. The Hall–Kier alpha value is -2.37. The zero-order valence-electron chi connectivity index (χ0n) is 13.9. The first-order chi connectivity index (χ1) is 10.9. The molecule has 6 nitrogen and oxygen atoms in total. The van der Waals surface area contributed by atoms with Crippen LogP contribution in [0.1, 0.15) is 25.3 Å². The van der Waals surface area contributed by atoms with E-state index in [1.54, 1.807) is 58.3 Å². The summed E-state index contributed by atoms with van der Waals surface area (Å²) in [5, 5.41) is 0. The van der Waals surface area contributed by atoms with Gasteiger partial charge in [-0.25, -0.2) is 0 Å². The van der Waals surface area contributed by atoms with Crippen molar-refractivity contribution in [3.8, 4) is 0 Å². The van der Waals surface area contributed by atoms with Gasteiger partial charge in [0.15, 0.2) is 5.92 Å². The first-order valence-electron chi connectivity index (χ1n) is 7.53. The Labute approximate surface area is 136 Å². The highest BCUT2D eigenvalue weighted by Gasteiger charge is 2.43. The molecule has 0 aliphatic carbocycles. The highest BCUT2D eigenvalue weighted by atomic mass is 16.6. The van der Waals surface area contributed by atoms with E-state index in [2.05, 4.69) is 0 Å². The quantitative estimate of drug-likeness (QED) is 0.563. The molecule has 1 aromatic carbocycles. The van der Waals surface area contributed by atoms with Crippen molar-refractivity contribution in [3.63, 3.8) is 0 Å². The fourth-order valence-corrected chi connectivity index (χ4v) is 2.25. The van der Waals surface area contributed by atoms with Crippen LogP contribution in [0.3, 0.4) is 0 Å². The van der Waals surface area contributed by atoms with Gasteiger partial charge in [0.25, 0.3) is 0 Å². The van der Waals surface area contributed by atoms with Crippen molar-refractivity contribution >= 4 is 17.8 Å². The van der Waals surface area contributed by atoms with Gasteiger partial charge in [-0.3, -0.25) is 14.4 Å². The summed E-state index contributed by atoms with van der Waals surface area (Å²) in [6.45, 7) is 3.52. The molecule has 0 heterocycles. The van der Waals surface area contributed by atoms with Crippen LogP contribution in [0.15, 0.2) is 30.3 Å². The molecule has 0 bridgehead atoms. The maximum atomic E-state index is 12.6. The summed E-state index contributed by atoms with van der Waals surface area (Å²) in [6.07, 6.45) is 0. The molecule has 6 heteroatoms. The Bertz CT molecular complexity index is 523. The average Bonchev–Trinajstić information content (AvgIpc) is 2.52. The standard InChI is InChI=1S/C17H23NO5/c1-5-22-16(20)14(17(21)23-6-2)13(15(19)18(3)4)12-10-8-7-9-11-12/h7-11,13-14H,5-6H2,1-4H3. The van der Waals surface area contributed by atoms with E-state index in [1.165, 1.54) is 4.90 Å². The van der Waals surface area contributed by atoms with Gasteiger partial charge in [0.2, 0.25) is 5.91 Å². The molecule has 0 radical (unpaired) electrons. The van der Waals surface area contributed by atoms with Crippen LogP contribution in [0, 0.1) is 5.92 Å². The number of amides is 1. The third-order valence-electron chi connectivity index (χ3n) is 3.28. The van der Waals surface area contributed by atoms with Gasteiger partial charge in [0.05, 0.1) is 19.1 Å². The molecule has 1 amide bonds. The Kier molecular flexibility index (Phi) is 7.25. The van der Waals surface area contributed by atoms with E-state index >= 15 is 0 Å². The van der Waals surface area contributed by atoms with Crippen molar-refractivity contribution < 1.29 is 23.9 Å². The second kappa shape index (κ2) is 8.92. The molecule has 0 aliphatic rings. The number of rotatable bonds is 7. The highest BCUT2D eigenvalue weighted by molar-refractivity contribution is 6.02. The Morgan fingerprint density at radius 3 is 1.83 bits per heavy atom. The Morgan fingerprint density at radius 2 is 1.43 bits per heavy atom. The van der Waals surface area contributed by atoms with Gasteiger partial charge in [0, 0.05) is 14.1 Å². The maximum Gasteiger partial charge on any atom is 0.321 e. The topological polar surface area (TPSA) is 72.9 Å². The number of carbonyl (C=O) groups is 3. The van der Waals surface area contributed by atoms with E-state index in [0.717, 1.165) is 0 Å². The van der Waals surface area contributed by atoms with Crippen LogP contribution in [0.4, 0.5) is 0 Å². The van der Waals surface area contributed by atoms with E-state index in [4.69, 9.17) is 9.47 Å². The molecular weight excluding hydrogens is 298 g/mol. The van der Waals surface area contributed by atoms with Gasteiger partial charge < -0.3 is 14.4 Å². The molecule has 0 saturated heterocycles. The number of ether oxygens (including phenoxy) is 2. The molecule has 0 fully saturated rings. The van der Waals surface area contributed by atoms with Crippen molar-refractivity contribution in [3.05, 3.63) is 35.9 Å². The predicted molar refractivity (Wildman–Crippen MR) is 84.6 cm³/mol. The molecule has 0 aliphatic heterocycles. The van der Waals surface area contributed by atoms with Gasteiger partial charge in [-0.15, -0.1) is 0 Å². The lowest BCUT2D eigenvalue weighted by molar-refractivity contribution is -0.165. The largest absolute Gasteiger partial charge is 0.465 e. The summed E-state index contributed by atoms with van der Waals surface area (Å²) in [7, 11) is 3.15. The molecule has 1 rings (SSSR count). The van der Waals surface area contributed by atoms with Crippen LogP contribution in [-0.2, 0) is 23.9 Å². The van der Waals surface area contributed by atoms with Crippen molar-refractivity contribution in [2.75, 3.05) is 27.3 Å². The van der Waals surface area contributed by atoms with Crippen LogP contribution in [-0.4, -0.2) is 50.1 Å². The number of nitrogens with zero attached hydrogens (tertiary/aromatic N) is 1. The minimum Gasteiger partial charge on any atom is -0.465 e. The van der Waals surface area contributed by atoms with Gasteiger partial charge in [-0.2, -0.15) is 0 Å². The summed E-state index contributed by atoms with van der Waals surface area (Å²) in [6, 6.07) is 8.71. The van der Waals surface area contributed by atoms with Crippen molar-refractivity contribution in [1.82, 2.24) is 4.90 Å². The summed E-state index contributed by atoms with van der Waals surface area (Å²) >= 11 is 0. The van der Waals surface area contributed by atoms with Crippen LogP contribution < -0.4 is 0 Å². The molecule has 126 valence electrons. The lowest BCUT2D eigenvalue weighted by Crippen LogP contribution is -2.41. The molecule has 0 spiro atoms. The van der Waals surface area contributed by atoms with E-state index in [-0.39, 0.29) is 19.1 Å². The number of likely N-dealkylation sites (N-methyl/N-ethyl adjacent to an activating group) is 1. The van der Waals surface area contributed by atoms with Gasteiger partial charge in [-0.1, -0.05) is 30.3 Å². The van der Waals surface area contributed by atoms with Crippen LogP contribution in [0.2, 0.25) is 0 Å². The van der Waals surface area contributed by atoms with Crippen molar-refractivity contribution in [2.24, 2.45) is 5.92 Å². The smallest absolute Gasteiger partial charge is 0.321 e. The molecule has 23 heavy (non-hydrogen) atoms. The van der Waals surface area contributed by atoms with E-state index in [0.29, 0.717) is 5.56 Å². The van der Waals surface area contributed by atoms with Crippen LogP contribution in [0.5, 0.6) is 0 Å². The lowest BCUT2D eigenvalue weighted by atomic mass is 9.84. The van der Waals surface area contributed by atoms with Gasteiger partial charge in [-0.05, 0) is 19.4 Å². The molecule has 0 saturated carbocycles. The molecule has 0 N–H and O–H groups in total.